The molecule has 6 nitrogen and oxygen atoms in total. The number of ether oxygens (including phenoxy) is 2. The van der Waals surface area contributed by atoms with Gasteiger partial charge in [-0.1, -0.05) is 12.1 Å². The Hall–Kier alpha value is -3.19. The van der Waals surface area contributed by atoms with Gasteiger partial charge >= 0.3 is 0 Å². The van der Waals surface area contributed by atoms with Gasteiger partial charge < -0.3 is 14.8 Å². The molecule has 0 bridgehead atoms. The number of hydrogen-bond acceptors (Lipinski definition) is 4. The first-order valence-electron chi connectivity index (χ1n) is 8.53. The number of carbonyl (C=O) groups excluding carboxylic acids is 1. The molecule has 140 valence electrons. The third-order valence-corrected chi connectivity index (χ3v) is 3.75. The first-order chi connectivity index (χ1) is 13.1. The number of carbonyl (C=O) groups is 1. The molecule has 3 rings (SSSR count). The van der Waals surface area contributed by atoms with E-state index in [1.54, 1.807) is 41.3 Å². The van der Waals surface area contributed by atoms with E-state index in [4.69, 9.17) is 9.47 Å². The van der Waals surface area contributed by atoms with E-state index in [1.807, 2.05) is 19.1 Å². The average Bonchev–Trinajstić information content (AvgIpc) is 3.13. The molecular formula is C20H20FN3O3. The molecule has 0 aliphatic heterocycles. The summed E-state index contributed by atoms with van der Waals surface area (Å²) in [6.07, 6.45) is 3.28. The second-order valence-electron chi connectivity index (χ2n) is 5.78. The Labute approximate surface area is 156 Å². The van der Waals surface area contributed by atoms with Crippen LogP contribution in [0.5, 0.6) is 5.75 Å². The minimum Gasteiger partial charge on any atom is -0.489 e. The predicted molar refractivity (Wildman–Crippen MR) is 99.0 cm³/mol. The van der Waals surface area contributed by atoms with Gasteiger partial charge in [0.25, 0.3) is 5.91 Å². The molecule has 0 saturated carbocycles. The Balaban J connectivity index is 1.53. The zero-order chi connectivity index (χ0) is 19.1. The molecule has 0 unspecified atom stereocenters. The smallest absolute Gasteiger partial charge is 0.255 e. The van der Waals surface area contributed by atoms with Crippen LogP contribution in [0.4, 0.5) is 10.1 Å². The van der Waals surface area contributed by atoms with Crippen molar-refractivity contribution in [2.45, 2.75) is 20.3 Å². The van der Waals surface area contributed by atoms with Crippen LogP contribution in [0.3, 0.4) is 0 Å². The average molecular weight is 369 g/mol. The zero-order valence-electron chi connectivity index (χ0n) is 14.9. The van der Waals surface area contributed by atoms with Gasteiger partial charge in [-0.3, -0.25) is 4.79 Å². The number of aromatic nitrogens is 2. The van der Waals surface area contributed by atoms with Crippen molar-refractivity contribution >= 4 is 11.6 Å². The maximum atomic E-state index is 12.9. The topological polar surface area (TPSA) is 65.4 Å². The minimum atomic E-state index is -0.304. The molecule has 27 heavy (non-hydrogen) atoms. The number of rotatable bonds is 8. The number of anilines is 1. The molecule has 1 amide bonds. The highest BCUT2D eigenvalue weighted by atomic mass is 19.1. The van der Waals surface area contributed by atoms with Crippen molar-refractivity contribution in [1.29, 1.82) is 0 Å². The number of hydrogen-bond donors (Lipinski definition) is 1. The van der Waals surface area contributed by atoms with Crippen molar-refractivity contribution in [3.63, 3.8) is 0 Å². The molecule has 0 aliphatic rings. The molecule has 1 aromatic heterocycles. The predicted octanol–water partition coefficient (Wildman–Crippen LogP) is 3.85. The number of nitrogens with zero attached hydrogens (tertiary/aromatic N) is 2. The quantitative estimate of drug-likeness (QED) is 0.655. The van der Waals surface area contributed by atoms with Crippen LogP contribution < -0.4 is 10.1 Å². The van der Waals surface area contributed by atoms with Gasteiger partial charge in [-0.2, -0.15) is 5.10 Å². The van der Waals surface area contributed by atoms with Gasteiger partial charge in [0.15, 0.2) is 0 Å². The summed E-state index contributed by atoms with van der Waals surface area (Å²) in [5.41, 5.74) is 2.03. The Morgan fingerprint density at radius 1 is 1.15 bits per heavy atom. The molecule has 0 atom stereocenters. The lowest BCUT2D eigenvalue weighted by Crippen LogP contribution is -2.11. The van der Waals surface area contributed by atoms with Crippen molar-refractivity contribution in [2.75, 3.05) is 11.9 Å². The summed E-state index contributed by atoms with van der Waals surface area (Å²) >= 11 is 0. The molecule has 1 N–H and O–H groups in total. The van der Waals surface area contributed by atoms with Gasteiger partial charge in [0.05, 0.1) is 18.1 Å². The Bertz CT molecular complexity index is 876. The fourth-order valence-corrected chi connectivity index (χ4v) is 2.34. The van der Waals surface area contributed by atoms with Crippen molar-refractivity contribution in [3.8, 4) is 5.75 Å². The first-order valence-corrected chi connectivity index (χ1v) is 8.53. The highest BCUT2D eigenvalue weighted by molar-refractivity contribution is 6.04. The number of nitrogens with one attached hydrogen (secondary N) is 1. The molecule has 0 aliphatic carbocycles. The summed E-state index contributed by atoms with van der Waals surface area (Å²) in [6, 6.07) is 12.9. The van der Waals surface area contributed by atoms with E-state index >= 15 is 0 Å². The molecule has 2 aromatic carbocycles. The fourth-order valence-electron chi connectivity index (χ4n) is 2.34. The molecule has 1 heterocycles. The molecule has 7 heteroatoms. The monoisotopic (exact) mass is 369 g/mol. The SMILES string of the molecule is CCOCn1cc(NC(=O)c2ccc(COc3ccc(F)cc3)cc2)cn1. The second kappa shape index (κ2) is 8.95. The third kappa shape index (κ3) is 5.39. The van der Waals surface area contributed by atoms with Crippen LogP contribution in [0.25, 0.3) is 0 Å². The Kier molecular flexibility index (Phi) is 6.17. The van der Waals surface area contributed by atoms with Crippen LogP contribution >= 0.6 is 0 Å². The highest BCUT2D eigenvalue weighted by Gasteiger charge is 2.08. The summed E-state index contributed by atoms with van der Waals surface area (Å²) in [5.74, 6) is 0.0559. The van der Waals surface area contributed by atoms with E-state index in [1.165, 1.54) is 12.1 Å². The first kappa shape index (κ1) is 18.6. The van der Waals surface area contributed by atoms with Crippen LogP contribution in [0, 0.1) is 5.82 Å². The summed E-state index contributed by atoms with van der Waals surface area (Å²) < 4.78 is 25.3. The molecule has 0 radical (unpaired) electrons. The van der Waals surface area contributed by atoms with Gasteiger partial charge in [-0.25, -0.2) is 9.07 Å². The van der Waals surface area contributed by atoms with Gasteiger partial charge in [0.2, 0.25) is 0 Å². The zero-order valence-corrected chi connectivity index (χ0v) is 14.9. The Morgan fingerprint density at radius 3 is 2.59 bits per heavy atom. The van der Waals surface area contributed by atoms with Crippen molar-refractivity contribution in [1.82, 2.24) is 9.78 Å². The van der Waals surface area contributed by atoms with Crippen molar-refractivity contribution in [2.24, 2.45) is 0 Å². The molecular weight excluding hydrogens is 349 g/mol. The summed E-state index contributed by atoms with van der Waals surface area (Å²) in [6.45, 7) is 3.17. The lowest BCUT2D eigenvalue weighted by Gasteiger charge is -2.07. The van der Waals surface area contributed by atoms with E-state index in [0.29, 0.717) is 36.9 Å². The molecule has 0 spiro atoms. The maximum Gasteiger partial charge on any atom is 0.255 e. The van der Waals surface area contributed by atoms with Crippen LogP contribution in [-0.4, -0.2) is 22.3 Å². The van der Waals surface area contributed by atoms with E-state index in [0.717, 1.165) is 5.56 Å². The van der Waals surface area contributed by atoms with Crippen LogP contribution in [0.2, 0.25) is 0 Å². The van der Waals surface area contributed by atoms with Crippen molar-refractivity contribution < 1.29 is 18.7 Å². The van der Waals surface area contributed by atoms with E-state index in [9.17, 15) is 9.18 Å². The van der Waals surface area contributed by atoms with Crippen LogP contribution in [0.15, 0.2) is 60.9 Å². The molecule has 3 aromatic rings. The largest absolute Gasteiger partial charge is 0.489 e. The third-order valence-electron chi connectivity index (χ3n) is 3.75. The van der Waals surface area contributed by atoms with E-state index < -0.39 is 0 Å². The number of amides is 1. The lowest BCUT2D eigenvalue weighted by atomic mass is 10.1. The van der Waals surface area contributed by atoms with Crippen LogP contribution in [0.1, 0.15) is 22.8 Å². The lowest BCUT2D eigenvalue weighted by molar-refractivity contribution is 0.0792. The standard InChI is InChI=1S/C20H20FN3O3/c1-2-26-14-24-12-18(11-22-24)23-20(25)16-5-3-15(4-6-16)13-27-19-9-7-17(21)8-10-19/h3-12H,2,13-14H2,1H3,(H,23,25). The van der Waals surface area contributed by atoms with Crippen LogP contribution in [-0.2, 0) is 18.1 Å². The summed E-state index contributed by atoms with van der Waals surface area (Å²) in [7, 11) is 0. The summed E-state index contributed by atoms with van der Waals surface area (Å²) in [4.78, 5) is 12.3. The second-order valence-corrected chi connectivity index (χ2v) is 5.78. The maximum absolute atomic E-state index is 12.9. The highest BCUT2D eigenvalue weighted by Crippen LogP contribution is 2.15. The van der Waals surface area contributed by atoms with E-state index in [-0.39, 0.29) is 11.7 Å². The van der Waals surface area contributed by atoms with Gasteiger partial charge in [-0.15, -0.1) is 0 Å². The molecule has 0 saturated heterocycles. The normalized spacial score (nSPS) is 10.6. The molecule has 0 fully saturated rings. The fraction of sp³-hybridized carbons (Fsp3) is 0.200. The summed E-state index contributed by atoms with van der Waals surface area (Å²) in [5, 5.41) is 6.90. The Morgan fingerprint density at radius 2 is 1.89 bits per heavy atom. The van der Waals surface area contributed by atoms with Gasteiger partial charge in [-0.05, 0) is 48.9 Å². The van der Waals surface area contributed by atoms with Crippen molar-refractivity contribution in [3.05, 3.63) is 77.9 Å². The van der Waals surface area contributed by atoms with Gasteiger partial charge in [0.1, 0.15) is 24.9 Å². The number of halogens is 1. The minimum absolute atomic E-state index is 0.225. The van der Waals surface area contributed by atoms with E-state index in [2.05, 4.69) is 10.4 Å². The van der Waals surface area contributed by atoms with Gasteiger partial charge in [0, 0.05) is 12.2 Å². The number of benzene rings is 2.